The highest BCUT2D eigenvalue weighted by atomic mass is 32.2. The van der Waals surface area contributed by atoms with Crippen LogP contribution in [0, 0.1) is 13.8 Å². The van der Waals surface area contributed by atoms with Gasteiger partial charge < -0.3 is 15.1 Å². The summed E-state index contributed by atoms with van der Waals surface area (Å²) >= 11 is 1.41. The highest BCUT2D eigenvalue weighted by molar-refractivity contribution is 7.99. The smallest absolute Gasteiger partial charge is 0.230 e. The summed E-state index contributed by atoms with van der Waals surface area (Å²) in [7, 11) is 0. The average molecular weight is 448 g/mol. The fraction of sp³-hybridized carbons (Fsp3) is 0.320. The predicted octanol–water partition coefficient (Wildman–Crippen LogP) is 3.83. The summed E-state index contributed by atoms with van der Waals surface area (Å²) < 4.78 is 0. The topological polar surface area (TPSA) is 61.4 Å². The van der Waals surface area contributed by atoms with Crippen LogP contribution in [0.4, 0.5) is 11.5 Å². The lowest BCUT2D eigenvalue weighted by Gasteiger charge is -2.36. The number of thioether (sulfide) groups is 1. The molecule has 3 aromatic rings. The maximum Gasteiger partial charge on any atom is 0.230 e. The molecule has 4 rings (SSSR count). The number of anilines is 2. The van der Waals surface area contributed by atoms with E-state index < -0.39 is 0 Å². The van der Waals surface area contributed by atoms with Crippen molar-refractivity contribution >= 4 is 29.2 Å². The summed E-state index contributed by atoms with van der Waals surface area (Å²) in [6.07, 6.45) is 0. The van der Waals surface area contributed by atoms with Gasteiger partial charge in [-0.2, -0.15) is 0 Å². The number of benzene rings is 2. The van der Waals surface area contributed by atoms with Crippen LogP contribution in [-0.4, -0.2) is 48.0 Å². The van der Waals surface area contributed by atoms with E-state index in [2.05, 4.69) is 75.6 Å². The molecule has 7 heteroatoms. The number of carbonyl (C=O) groups is 1. The number of aromatic nitrogens is 2. The summed E-state index contributed by atoms with van der Waals surface area (Å²) in [4.78, 5) is 16.8. The molecule has 1 aromatic heterocycles. The lowest BCUT2D eigenvalue weighted by Crippen LogP contribution is -2.46. The second-order valence-electron chi connectivity index (χ2n) is 8.09. The Morgan fingerprint density at radius 1 is 0.906 bits per heavy atom. The van der Waals surface area contributed by atoms with Crippen molar-refractivity contribution in [3.8, 4) is 0 Å². The predicted molar refractivity (Wildman–Crippen MR) is 131 cm³/mol. The zero-order valence-electron chi connectivity index (χ0n) is 18.6. The lowest BCUT2D eigenvalue weighted by molar-refractivity contribution is -0.118. The largest absolute Gasteiger partial charge is 0.368 e. The molecule has 1 saturated heterocycles. The van der Waals surface area contributed by atoms with Crippen molar-refractivity contribution < 1.29 is 4.79 Å². The summed E-state index contributed by atoms with van der Waals surface area (Å²) in [5.41, 5.74) is 4.88. The summed E-state index contributed by atoms with van der Waals surface area (Å²) in [6, 6.07) is 20.8. The quantitative estimate of drug-likeness (QED) is 0.556. The first-order chi connectivity index (χ1) is 15.6. The van der Waals surface area contributed by atoms with Crippen molar-refractivity contribution in [2.24, 2.45) is 0 Å². The number of hydrogen-bond acceptors (Lipinski definition) is 6. The molecule has 1 fully saturated rings. The molecule has 6 nitrogen and oxygen atoms in total. The summed E-state index contributed by atoms with van der Waals surface area (Å²) in [5.74, 6) is 1.21. The van der Waals surface area contributed by atoms with E-state index in [1.54, 1.807) is 0 Å². The fourth-order valence-corrected chi connectivity index (χ4v) is 4.32. The van der Waals surface area contributed by atoms with Crippen LogP contribution >= 0.6 is 11.8 Å². The van der Waals surface area contributed by atoms with Gasteiger partial charge in [-0.15, -0.1) is 10.2 Å². The number of aryl methyl sites for hydroxylation is 2. The molecule has 0 atom stereocenters. The molecular weight excluding hydrogens is 418 g/mol. The number of nitrogens with zero attached hydrogens (tertiary/aromatic N) is 4. The normalized spacial score (nSPS) is 13.8. The number of nitrogens with one attached hydrogen (secondary N) is 1. The van der Waals surface area contributed by atoms with E-state index in [4.69, 9.17) is 0 Å². The minimum Gasteiger partial charge on any atom is -0.368 e. The van der Waals surface area contributed by atoms with Gasteiger partial charge in [0.05, 0.1) is 5.75 Å². The van der Waals surface area contributed by atoms with Crippen LogP contribution in [0.1, 0.15) is 16.7 Å². The van der Waals surface area contributed by atoms with Crippen LogP contribution < -0.4 is 15.1 Å². The Kier molecular flexibility index (Phi) is 7.27. The zero-order chi connectivity index (χ0) is 22.3. The van der Waals surface area contributed by atoms with Gasteiger partial charge in [0.1, 0.15) is 5.03 Å². The fourth-order valence-electron chi connectivity index (χ4n) is 3.67. The third kappa shape index (κ3) is 6.01. The van der Waals surface area contributed by atoms with E-state index in [0.29, 0.717) is 12.3 Å². The standard InChI is InChI=1S/C25H29N5OS/c1-19-6-8-21(9-7-19)17-26-24(31)18-32-25-11-10-23(27-28-25)30-14-12-29(13-15-30)22-5-3-4-20(2)16-22/h3-11,16H,12-15,17-18H2,1-2H3,(H,26,31). The van der Waals surface area contributed by atoms with Gasteiger partial charge in [0, 0.05) is 38.4 Å². The number of rotatable bonds is 7. The molecule has 0 radical (unpaired) electrons. The minimum atomic E-state index is -0.00581. The Balaban J connectivity index is 1.22. The van der Waals surface area contributed by atoms with E-state index in [0.717, 1.165) is 42.6 Å². The second-order valence-corrected chi connectivity index (χ2v) is 9.09. The number of amides is 1. The first kappa shape index (κ1) is 22.1. The minimum absolute atomic E-state index is 0.00581. The Morgan fingerprint density at radius 2 is 1.66 bits per heavy atom. The number of hydrogen-bond donors (Lipinski definition) is 1. The summed E-state index contributed by atoms with van der Waals surface area (Å²) in [6.45, 7) is 8.47. The molecular formula is C25H29N5OS. The Hall–Kier alpha value is -3.06. The number of piperazine rings is 1. The van der Waals surface area contributed by atoms with Crippen LogP contribution in [0.25, 0.3) is 0 Å². The van der Waals surface area contributed by atoms with Gasteiger partial charge in [-0.25, -0.2) is 0 Å². The molecule has 0 spiro atoms. The van der Waals surface area contributed by atoms with Crippen molar-refractivity contribution in [1.29, 1.82) is 0 Å². The third-order valence-electron chi connectivity index (χ3n) is 5.56. The SMILES string of the molecule is Cc1ccc(CNC(=O)CSc2ccc(N3CCN(c4cccc(C)c4)CC3)nn2)cc1. The number of carbonyl (C=O) groups excluding carboxylic acids is 1. The first-order valence-electron chi connectivity index (χ1n) is 10.9. The molecule has 1 aliphatic heterocycles. The highest BCUT2D eigenvalue weighted by Gasteiger charge is 2.19. The van der Waals surface area contributed by atoms with Crippen molar-refractivity contribution in [3.05, 3.63) is 77.4 Å². The molecule has 32 heavy (non-hydrogen) atoms. The first-order valence-corrected chi connectivity index (χ1v) is 11.9. The van der Waals surface area contributed by atoms with Crippen molar-refractivity contribution in [1.82, 2.24) is 15.5 Å². The van der Waals surface area contributed by atoms with Gasteiger partial charge in [-0.3, -0.25) is 4.79 Å². The van der Waals surface area contributed by atoms with Crippen LogP contribution in [0.5, 0.6) is 0 Å². The molecule has 166 valence electrons. The van der Waals surface area contributed by atoms with Crippen molar-refractivity contribution in [2.45, 2.75) is 25.4 Å². The van der Waals surface area contributed by atoms with Gasteiger partial charge >= 0.3 is 0 Å². The summed E-state index contributed by atoms with van der Waals surface area (Å²) in [5, 5.41) is 12.4. The Morgan fingerprint density at radius 3 is 2.34 bits per heavy atom. The van der Waals surface area contributed by atoms with E-state index in [1.165, 1.54) is 28.6 Å². The molecule has 2 heterocycles. The van der Waals surface area contributed by atoms with Gasteiger partial charge in [0.25, 0.3) is 0 Å². The van der Waals surface area contributed by atoms with Gasteiger partial charge in [0.15, 0.2) is 5.82 Å². The molecule has 0 unspecified atom stereocenters. The van der Waals surface area contributed by atoms with E-state index in [-0.39, 0.29) is 5.91 Å². The molecule has 1 aliphatic rings. The average Bonchev–Trinajstić information content (AvgIpc) is 2.83. The monoisotopic (exact) mass is 447 g/mol. The highest BCUT2D eigenvalue weighted by Crippen LogP contribution is 2.21. The second kappa shape index (κ2) is 10.5. The van der Waals surface area contributed by atoms with Crippen LogP contribution in [0.3, 0.4) is 0 Å². The van der Waals surface area contributed by atoms with Crippen LogP contribution in [-0.2, 0) is 11.3 Å². The molecule has 2 aromatic carbocycles. The van der Waals surface area contributed by atoms with Crippen molar-refractivity contribution in [3.63, 3.8) is 0 Å². The molecule has 0 aliphatic carbocycles. The maximum atomic E-state index is 12.1. The molecule has 1 amide bonds. The van der Waals surface area contributed by atoms with Gasteiger partial charge in [-0.1, -0.05) is 53.7 Å². The maximum absolute atomic E-state index is 12.1. The molecule has 0 bridgehead atoms. The van der Waals surface area contributed by atoms with Gasteiger partial charge in [-0.05, 0) is 49.2 Å². The van der Waals surface area contributed by atoms with E-state index in [9.17, 15) is 4.79 Å². The lowest BCUT2D eigenvalue weighted by atomic mass is 10.1. The third-order valence-corrected chi connectivity index (χ3v) is 6.48. The molecule has 1 N–H and O–H groups in total. The van der Waals surface area contributed by atoms with E-state index in [1.807, 2.05) is 24.3 Å². The Bertz CT molecular complexity index is 1030. The molecule has 0 saturated carbocycles. The van der Waals surface area contributed by atoms with E-state index >= 15 is 0 Å². The van der Waals surface area contributed by atoms with Crippen LogP contribution in [0.15, 0.2) is 65.7 Å². The van der Waals surface area contributed by atoms with Crippen molar-refractivity contribution in [2.75, 3.05) is 41.7 Å². The zero-order valence-corrected chi connectivity index (χ0v) is 19.4. The van der Waals surface area contributed by atoms with Crippen LogP contribution in [0.2, 0.25) is 0 Å². The Labute approximate surface area is 194 Å². The van der Waals surface area contributed by atoms with Gasteiger partial charge in [0.2, 0.25) is 5.91 Å².